The number of rotatable bonds is 4. The summed E-state index contributed by atoms with van der Waals surface area (Å²) >= 11 is 0. The van der Waals surface area contributed by atoms with Crippen LogP contribution in [0.3, 0.4) is 0 Å². The molecule has 1 aliphatic heterocycles. The van der Waals surface area contributed by atoms with E-state index in [0.29, 0.717) is 30.3 Å². The summed E-state index contributed by atoms with van der Waals surface area (Å²) in [5, 5.41) is 0. The minimum Gasteiger partial charge on any atom is -0.489 e. The van der Waals surface area contributed by atoms with Gasteiger partial charge < -0.3 is 4.74 Å². The molecule has 1 heterocycles. The van der Waals surface area contributed by atoms with E-state index in [-0.39, 0.29) is 0 Å². The number of benzene rings is 2. The molecule has 1 aliphatic rings. The molecule has 0 atom stereocenters. The quantitative estimate of drug-likeness (QED) is 0.943. The molecule has 0 amide bonds. The zero-order chi connectivity index (χ0) is 15.6. The molecule has 0 aliphatic carbocycles. The van der Waals surface area contributed by atoms with Crippen LogP contribution in [0.5, 0.6) is 5.75 Å². The largest absolute Gasteiger partial charge is 0.489 e. The van der Waals surface area contributed by atoms with Crippen molar-refractivity contribution in [1.82, 2.24) is 0 Å². The van der Waals surface area contributed by atoms with Gasteiger partial charge >= 0.3 is 10.2 Å². The van der Waals surface area contributed by atoms with Gasteiger partial charge in [0.15, 0.2) is 0 Å². The van der Waals surface area contributed by atoms with Gasteiger partial charge in [-0.1, -0.05) is 31.2 Å². The van der Waals surface area contributed by atoms with Crippen LogP contribution in [0.15, 0.2) is 48.5 Å². The molecule has 0 saturated carbocycles. The summed E-state index contributed by atoms with van der Waals surface area (Å²) in [6.07, 6.45) is 0.921. The molecule has 0 bridgehead atoms. The molecular weight excluding hydrogens is 300 g/mol. The van der Waals surface area contributed by atoms with Crippen molar-refractivity contribution >= 4 is 21.6 Å². The summed E-state index contributed by atoms with van der Waals surface area (Å²) in [6, 6.07) is 14.5. The van der Waals surface area contributed by atoms with Crippen LogP contribution in [0.1, 0.15) is 12.5 Å². The van der Waals surface area contributed by atoms with E-state index in [9.17, 15) is 8.42 Å². The average Bonchev–Trinajstić information content (AvgIpc) is 2.54. The Bertz CT molecular complexity index is 757. The fraction of sp³-hybridized carbons (Fsp3) is 0.250. The lowest BCUT2D eigenvalue weighted by Crippen LogP contribution is -2.41. The second kappa shape index (κ2) is 5.88. The third-order valence-corrected chi connectivity index (χ3v) is 5.04. The van der Waals surface area contributed by atoms with Crippen molar-refractivity contribution in [2.24, 2.45) is 0 Å². The van der Waals surface area contributed by atoms with Crippen LogP contribution in [0, 0.1) is 0 Å². The van der Waals surface area contributed by atoms with E-state index < -0.39 is 10.2 Å². The molecule has 0 unspecified atom stereocenters. The van der Waals surface area contributed by atoms with Gasteiger partial charge in [-0.3, -0.25) is 4.72 Å². The summed E-state index contributed by atoms with van der Waals surface area (Å²) < 4.78 is 34.7. The lowest BCUT2D eigenvalue weighted by atomic mass is 10.2. The smallest absolute Gasteiger partial charge is 0.324 e. The number of nitrogens with one attached hydrogen (secondary N) is 1. The van der Waals surface area contributed by atoms with Crippen LogP contribution >= 0.6 is 0 Å². The molecule has 1 N–H and O–H groups in total. The molecule has 0 fully saturated rings. The van der Waals surface area contributed by atoms with Crippen molar-refractivity contribution in [2.45, 2.75) is 13.3 Å². The van der Waals surface area contributed by atoms with Crippen molar-refractivity contribution in [3.8, 4) is 5.75 Å². The second-order valence-electron chi connectivity index (χ2n) is 5.05. The minimum absolute atomic E-state index is 0.291. The molecule has 3 rings (SSSR count). The van der Waals surface area contributed by atoms with Gasteiger partial charge in [-0.2, -0.15) is 8.42 Å². The molecule has 22 heavy (non-hydrogen) atoms. The highest BCUT2D eigenvalue weighted by Gasteiger charge is 2.28. The number of hydrogen-bond acceptors (Lipinski definition) is 3. The lowest BCUT2D eigenvalue weighted by Gasteiger charge is -2.30. The fourth-order valence-corrected chi connectivity index (χ4v) is 3.68. The van der Waals surface area contributed by atoms with Crippen LogP contribution in [0.2, 0.25) is 0 Å². The highest BCUT2D eigenvalue weighted by Crippen LogP contribution is 2.33. The molecule has 116 valence electrons. The zero-order valence-corrected chi connectivity index (χ0v) is 13.1. The standard InChI is InChI=1S/C16H18N2O3S/c1-2-13-7-9-14(10-8-13)17-22(19,20)18-11-12-21-16-6-4-3-5-15(16)18/h3-10,17H,2,11-12H2,1H3. The maximum atomic E-state index is 12.6. The highest BCUT2D eigenvalue weighted by molar-refractivity contribution is 7.94. The molecule has 2 aromatic rings. The predicted molar refractivity (Wildman–Crippen MR) is 87.6 cm³/mol. The van der Waals surface area contributed by atoms with Gasteiger partial charge in [-0.25, -0.2) is 4.31 Å². The molecule has 2 aromatic carbocycles. The molecule has 6 heteroatoms. The zero-order valence-electron chi connectivity index (χ0n) is 12.3. The number of anilines is 2. The van der Waals surface area contributed by atoms with E-state index in [1.54, 1.807) is 30.3 Å². The monoisotopic (exact) mass is 318 g/mol. The van der Waals surface area contributed by atoms with Gasteiger partial charge in [0.25, 0.3) is 0 Å². The number of aryl methyl sites for hydroxylation is 1. The number of para-hydroxylation sites is 2. The SMILES string of the molecule is CCc1ccc(NS(=O)(=O)N2CCOc3ccccc32)cc1. The maximum absolute atomic E-state index is 12.6. The Balaban J connectivity index is 1.87. The first-order valence-electron chi connectivity index (χ1n) is 7.21. The highest BCUT2D eigenvalue weighted by atomic mass is 32.2. The Labute approximate surface area is 130 Å². The molecular formula is C16H18N2O3S. The van der Waals surface area contributed by atoms with Crippen LogP contribution in [-0.4, -0.2) is 21.6 Å². The van der Waals surface area contributed by atoms with E-state index in [1.165, 1.54) is 9.87 Å². The normalized spacial score (nSPS) is 14.1. The first kappa shape index (κ1) is 14.7. The maximum Gasteiger partial charge on any atom is 0.324 e. The third-order valence-electron chi connectivity index (χ3n) is 3.59. The second-order valence-corrected chi connectivity index (χ2v) is 6.64. The number of ether oxygens (including phenoxy) is 1. The fourth-order valence-electron chi connectivity index (χ4n) is 2.41. The number of fused-ring (bicyclic) bond motifs is 1. The lowest BCUT2D eigenvalue weighted by molar-refractivity contribution is 0.316. The number of nitrogens with zero attached hydrogens (tertiary/aromatic N) is 1. The van der Waals surface area contributed by atoms with Crippen molar-refractivity contribution < 1.29 is 13.2 Å². The van der Waals surface area contributed by atoms with Crippen LogP contribution in [-0.2, 0) is 16.6 Å². The number of hydrogen-bond donors (Lipinski definition) is 1. The van der Waals surface area contributed by atoms with E-state index >= 15 is 0 Å². The van der Waals surface area contributed by atoms with Crippen molar-refractivity contribution in [3.05, 3.63) is 54.1 Å². The Morgan fingerprint density at radius 1 is 1.14 bits per heavy atom. The van der Waals surface area contributed by atoms with E-state index in [2.05, 4.69) is 11.6 Å². The van der Waals surface area contributed by atoms with Crippen molar-refractivity contribution in [2.75, 3.05) is 22.2 Å². The summed E-state index contributed by atoms with van der Waals surface area (Å²) in [4.78, 5) is 0. The average molecular weight is 318 g/mol. The van der Waals surface area contributed by atoms with Gasteiger partial charge in [-0.15, -0.1) is 0 Å². The van der Waals surface area contributed by atoms with Gasteiger partial charge in [0.05, 0.1) is 17.9 Å². The van der Waals surface area contributed by atoms with Crippen LogP contribution < -0.4 is 13.8 Å². The van der Waals surface area contributed by atoms with Crippen LogP contribution in [0.4, 0.5) is 11.4 Å². The van der Waals surface area contributed by atoms with Crippen LogP contribution in [0.25, 0.3) is 0 Å². The Morgan fingerprint density at radius 3 is 2.59 bits per heavy atom. The summed E-state index contributed by atoms with van der Waals surface area (Å²) in [5.74, 6) is 0.584. The molecule has 5 nitrogen and oxygen atoms in total. The predicted octanol–water partition coefficient (Wildman–Crippen LogP) is 2.80. The summed E-state index contributed by atoms with van der Waals surface area (Å²) in [6.45, 7) is 2.69. The van der Waals surface area contributed by atoms with Gasteiger partial charge in [-0.05, 0) is 36.2 Å². The first-order valence-corrected chi connectivity index (χ1v) is 8.65. The topological polar surface area (TPSA) is 58.6 Å². The third kappa shape index (κ3) is 2.87. The minimum atomic E-state index is -3.67. The van der Waals surface area contributed by atoms with E-state index in [0.717, 1.165) is 6.42 Å². The molecule has 0 radical (unpaired) electrons. The summed E-state index contributed by atoms with van der Waals surface area (Å²) in [5.41, 5.74) is 2.28. The van der Waals surface area contributed by atoms with Gasteiger partial charge in [0, 0.05) is 0 Å². The molecule has 0 spiro atoms. The molecule has 0 aromatic heterocycles. The first-order chi connectivity index (χ1) is 10.6. The van der Waals surface area contributed by atoms with Crippen molar-refractivity contribution in [1.29, 1.82) is 0 Å². The Morgan fingerprint density at radius 2 is 1.86 bits per heavy atom. The van der Waals surface area contributed by atoms with Gasteiger partial charge in [0.2, 0.25) is 0 Å². The Hall–Kier alpha value is -2.21. The molecule has 0 saturated heterocycles. The van der Waals surface area contributed by atoms with E-state index in [1.807, 2.05) is 18.2 Å². The summed E-state index contributed by atoms with van der Waals surface area (Å²) in [7, 11) is -3.67. The van der Waals surface area contributed by atoms with E-state index in [4.69, 9.17) is 4.74 Å². The Kier molecular flexibility index (Phi) is 3.94. The van der Waals surface area contributed by atoms with Gasteiger partial charge in [0.1, 0.15) is 12.4 Å². The van der Waals surface area contributed by atoms with Crippen molar-refractivity contribution in [3.63, 3.8) is 0 Å².